The van der Waals surface area contributed by atoms with Gasteiger partial charge < -0.3 is 10.2 Å². The van der Waals surface area contributed by atoms with Crippen LogP contribution in [0, 0.1) is 11.8 Å². The third kappa shape index (κ3) is 4.62. The Morgan fingerprint density at radius 1 is 1.08 bits per heavy atom. The third-order valence-corrected chi connectivity index (χ3v) is 8.30. The summed E-state index contributed by atoms with van der Waals surface area (Å²) in [5.74, 6) is 2.26. The van der Waals surface area contributed by atoms with Gasteiger partial charge in [-0.1, -0.05) is 60.1 Å². The van der Waals surface area contributed by atoms with Crippen molar-refractivity contribution in [3.05, 3.63) is 81.9 Å². The molecule has 36 heavy (non-hydrogen) atoms. The number of hydrogen-bond donors (Lipinski definition) is 1. The Balaban J connectivity index is 1.10. The highest BCUT2D eigenvalue weighted by Gasteiger charge is 2.46. The van der Waals surface area contributed by atoms with Gasteiger partial charge in [-0.3, -0.25) is 4.79 Å². The van der Waals surface area contributed by atoms with Crippen molar-refractivity contribution in [3.63, 3.8) is 0 Å². The third-order valence-electron chi connectivity index (χ3n) is 7.41. The van der Waals surface area contributed by atoms with Gasteiger partial charge in [0.15, 0.2) is 5.65 Å². The summed E-state index contributed by atoms with van der Waals surface area (Å²) in [6, 6.07) is 20.2. The molecule has 1 aliphatic carbocycles. The predicted octanol–water partition coefficient (Wildman–Crippen LogP) is 6.27. The topological polar surface area (TPSA) is 62.5 Å². The van der Waals surface area contributed by atoms with Gasteiger partial charge in [0.1, 0.15) is 5.82 Å². The van der Waals surface area contributed by atoms with Crippen LogP contribution in [0.15, 0.2) is 71.3 Å². The van der Waals surface area contributed by atoms with Gasteiger partial charge in [0, 0.05) is 42.2 Å². The van der Waals surface area contributed by atoms with Crippen LogP contribution < -0.4 is 5.32 Å². The zero-order valence-electron chi connectivity index (χ0n) is 19.8. The van der Waals surface area contributed by atoms with Crippen LogP contribution in [0.25, 0.3) is 16.9 Å². The number of benzene rings is 2. The number of likely N-dealkylation sites (tertiary alicyclic amines) is 1. The zero-order valence-corrected chi connectivity index (χ0v) is 22.1. The molecule has 184 valence electrons. The first kappa shape index (κ1) is 23.5. The lowest BCUT2D eigenvalue weighted by atomic mass is 9.96. The molecule has 0 bridgehead atoms. The maximum absolute atomic E-state index is 13.1. The molecule has 6 rings (SSSR count). The van der Waals surface area contributed by atoms with Crippen molar-refractivity contribution >= 4 is 44.9 Å². The average Bonchev–Trinajstić information content (AvgIpc) is 3.64. The van der Waals surface area contributed by atoms with Crippen LogP contribution in [0.4, 0.5) is 5.82 Å². The number of fused-ring (bicyclic) bond motifs is 1. The monoisotopic (exact) mass is 563 g/mol. The van der Waals surface area contributed by atoms with Gasteiger partial charge in [-0.15, -0.1) is 0 Å². The largest absolute Gasteiger partial charge is 0.370 e. The summed E-state index contributed by atoms with van der Waals surface area (Å²) in [5.41, 5.74) is 3.72. The summed E-state index contributed by atoms with van der Waals surface area (Å²) in [7, 11) is 0. The van der Waals surface area contributed by atoms with Crippen LogP contribution in [0.5, 0.6) is 0 Å². The van der Waals surface area contributed by atoms with E-state index in [1.807, 2.05) is 40.9 Å². The van der Waals surface area contributed by atoms with E-state index in [0.717, 1.165) is 66.1 Å². The van der Waals surface area contributed by atoms with Crippen molar-refractivity contribution < 1.29 is 4.79 Å². The Morgan fingerprint density at radius 2 is 1.83 bits per heavy atom. The van der Waals surface area contributed by atoms with E-state index in [0.29, 0.717) is 22.8 Å². The Hall–Kier alpha value is -2.90. The SMILES string of the molecule is O=C(C1CC1c1ccccc1)N1CCC(CNc2cc(-c3ccccc3Cl)nc3c(Br)cnn23)CC1. The van der Waals surface area contributed by atoms with Gasteiger partial charge in [-0.2, -0.15) is 9.61 Å². The van der Waals surface area contributed by atoms with Crippen molar-refractivity contribution in [1.82, 2.24) is 19.5 Å². The molecule has 0 radical (unpaired) electrons. The van der Waals surface area contributed by atoms with Crippen LogP contribution in [0.3, 0.4) is 0 Å². The van der Waals surface area contributed by atoms with E-state index >= 15 is 0 Å². The fraction of sp³-hybridized carbons (Fsp3) is 0.321. The van der Waals surface area contributed by atoms with Gasteiger partial charge in [0.05, 0.1) is 16.4 Å². The summed E-state index contributed by atoms with van der Waals surface area (Å²) in [6.45, 7) is 2.47. The number of anilines is 1. The maximum atomic E-state index is 13.1. The van der Waals surface area contributed by atoms with Gasteiger partial charge in [-0.25, -0.2) is 4.98 Å². The van der Waals surface area contributed by atoms with Crippen LogP contribution in [-0.4, -0.2) is 45.0 Å². The number of halogens is 2. The number of rotatable bonds is 6. The Kier molecular flexibility index (Phi) is 6.44. The standard InChI is InChI=1S/C28H27BrClN5O/c29-23-17-32-35-26(15-25(33-27(23)35)20-8-4-5-9-24(20)30)31-16-18-10-12-34(13-11-18)28(36)22-14-21(22)19-6-2-1-3-7-19/h1-9,15,17-18,21-22,31H,10-14,16H2. The van der Waals surface area contributed by atoms with Gasteiger partial charge in [0.25, 0.3) is 0 Å². The molecule has 1 amide bonds. The van der Waals surface area contributed by atoms with Crippen LogP contribution >= 0.6 is 27.5 Å². The molecule has 1 N–H and O–H groups in total. The molecule has 2 atom stereocenters. The first-order valence-corrected chi connectivity index (χ1v) is 13.6. The summed E-state index contributed by atoms with van der Waals surface area (Å²) >= 11 is 10.0. The minimum atomic E-state index is 0.161. The van der Waals surface area contributed by atoms with Gasteiger partial charge in [-0.05, 0) is 58.7 Å². The molecular weight excluding hydrogens is 538 g/mol. The highest BCUT2D eigenvalue weighted by molar-refractivity contribution is 9.10. The lowest BCUT2D eigenvalue weighted by molar-refractivity contribution is -0.134. The van der Waals surface area contributed by atoms with E-state index in [2.05, 4.69) is 55.5 Å². The van der Waals surface area contributed by atoms with Gasteiger partial charge in [0.2, 0.25) is 5.91 Å². The second kappa shape index (κ2) is 9.87. The summed E-state index contributed by atoms with van der Waals surface area (Å²) in [6.07, 6.45) is 4.73. The van der Waals surface area contributed by atoms with Crippen LogP contribution in [-0.2, 0) is 4.79 Å². The van der Waals surface area contributed by atoms with E-state index in [1.165, 1.54) is 5.56 Å². The molecule has 6 nitrogen and oxygen atoms in total. The molecule has 1 aliphatic heterocycles. The number of amides is 1. The van der Waals surface area contributed by atoms with Crippen molar-refractivity contribution in [3.8, 4) is 11.3 Å². The summed E-state index contributed by atoms with van der Waals surface area (Å²) in [5, 5.41) is 8.76. The Labute approximate surface area is 223 Å². The molecule has 2 aromatic heterocycles. The molecule has 1 saturated heterocycles. The number of nitrogens with one attached hydrogen (secondary N) is 1. The van der Waals surface area contributed by atoms with E-state index in [9.17, 15) is 4.79 Å². The highest BCUT2D eigenvalue weighted by Crippen LogP contribution is 2.48. The molecule has 8 heteroatoms. The lowest BCUT2D eigenvalue weighted by Gasteiger charge is -2.32. The zero-order chi connectivity index (χ0) is 24.6. The second-order valence-corrected chi connectivity index (χ2v) is 11.0. The smallest absolute Gasteiger partial charge is 0.226 e. The summed E-state index contributed by atoms with van der Waals surface area (Å²) in [4.78, 5) is 19.9. The van der Waals surface area contributed by atoms with E-state index in [-0.39, 0.29) is 5.92 Å². The Bertz CT molecular complexity index is 1400. The number of carbonyl (C=O) groups excluding carboxylic acids is 1. The first-order valence-electron chi connectivity index (χ1n) is 12.5. The van der Waals surface area contributed by atoms with E-state index in [4.69, 9.17) is 16.6 Å². The molecular formula is C28H27BrClN5O. The minimum Gasteiger partial charge on any atom is -0.370 e. The van der Waals surface area contributed by atoms with Gasteiger partial charge >= 0.3 is 0 Å². The fourth-order valence-electron chi connectivity index (χ4n) is 5.25. The molecule has 3 heterocycles. The number of carbonyl (C=O) groups is 1. The number of aromatic nitrogens is 3. The average molecular weight is 565 g/mol. The van der Waals surface area contributed by atoms with E-state index < -0.39 is 0 Å². The summed E-state index contributed by atoms with van der Waals surface area (Å²) < 4.78 is 2.65. The molecule has 2 aromatic carbocycles. The number of hydrogen-bond acceptors (Lipinski definition) is 4. The molecule has 0 spiro atoms. The first-order chi connectivity index (χ1) is 17.6. The molecule has 2 aliphatic rings. The van der Waals surface area contributed by atoms with Crippen LogP contribution in [0.2, 0.25) is 5.02 Å². The molecule has 4 aromatic rings. The number of nitrogens with zero attached hydrogens (tertiary/aromatic N) is 4. The lowest BCUT2D eigenvalue weighted by Crippen LogP contribution is -2.40. The van der Waals surface area contributed by atoms with Crippen molar-refractivity contribution in [1.29, 1.82) is 0 Å². The number of piperidine rings is 1. The van der Waals surface area contributed by atoms with Crippen molar-refractivity contribution in [2.24, 2.45) is 11.8 Å². The maximum Gasteiger partial charge on any atom is 0.226 e. The normalized spacial score (nSPS) is 20.0. The Morgan fingerprint density at radius 3 is 2.61 bits per heavy atom. The molecule has 1 saturated carbocycles. The highest BCUT2D eigenvalue weighted by atomic mass is 79.9. The minimum absolute atomic E-state index is 0.161. The van der Waals surface area contributed by atoms with Crippen molar-refractivity contribution in [2.45, 2.75) is 25.2 Å². The van der Waals surface area contributed by atoms with Crippen molar-refractivity contribution in [2.75, 3.05) is 25.0 Å². The second-order valence-electron chi connectivity index (χ2n) is 9.74. The molecule has 2 unspecified atom stereocenters. The molecule has 2 fully saturated rings. The fourth-order valence-corrected chi connectivity index (χ4v) is 5.83. The van der Waals surface area contributed by atoms with E-state index in [1.54, 1.807) is 6.20 Å². The quantitative estimate of drug-likeness (QED) is 0.300. The van der Waals surface area contributed by atoms with Crippen LogP contribution in [0.1, 0.15) is 30.7 Å². The predicted molar refractivity (Wildman–Crippen MR) is 146 cm³/mol.